The first-order valence-electron chi connectivity index (χ1n) is 7.96. The van der Waals surface area contributed by atoms with E-state index in [1.807, 2.05) is 0 Å². The molecule has 1 atom stereocenters. The first-order chi connectivity index (χ1) is 12.1. The number of nitrogens with zero attached hydrogens (tertiary/aromatic N) is 1. The van der Waals surface area contributed by atoms with Crippen LogP contribution in [0.25, 0.3) is 0 Å². The van der Waals surface area contributed by atoms with Crippen LogP contribution in [0, 0.1) is 0 Å². The van der Waals surface area contributed by atoms with Gasteiger partial charge in [0.2, 0.25) is 12.7 Å². The van der Waals surface area contributed by atoms with E-state index in [1.165, 1.54) is 0 Å². The number of benzene rings is 1. The number of aliphatic hydroxyl groups excluding tert-OH is 1. The third-order valence-corrected chi connectivity index (χ3v) is 3.93. The van der Waals surface area contributed by atoms with Crippen LogP contribution < -0.4 is 20.1 Å². The monoisotopic (exact) mass is 349 g/mol. The van der Waals surface area contributed by atoms with Crippen LogP contribution in [0.5, 0.6) is 11.5 Å². The quantitative estimate of drug-likeness (QED) is 0.461. The topological polar surface area (TPSA) is 117 Å². The molecule has 2 aliphatic heterocycles. The summed E-state index contributed by atoms with van der Waals surface area (Å²) in [5.41, 5.74) is 0.723. The molecule has 2 aliphatic rings. The van der Waals surface area contributed by atoms with Crippen molar-refractivity contribution in [2.45, 2.75) is 25.4 Å². The Morgan fingerprint density at radius 1 is 1.32 bits per heavy atom. The number of nitrogens with one attached hydrogen (secondary N) is 2. The van der Waals surface area contributed by atoms with Gasteiger partial charge in [0.15, 0.2) is 11.5 Å². The zero-order chi connectivity index (χ0) is 17.8. The largest absolute Gasteiger partial charge is 0.454 e. The molecule has 0 spiro atoms. The zero-order valence-electron chi connectivity index (χ0n) is 13.5. The van der Waals surface area contributed by atoms with Crippen LogP contribution in [0.15, 0.2) is 18.2 Å². The number of ether oxygens (including phenoxy) is 2. The van der Waals surface area contributed by atoms with Crippen molar-refractivity contribution in [3.8, 4) is 11.5 Å². The highest BCUT2D eigenvalue weighted by Crippen LogP contribution is 2.33. The Hall–Kier alpha value is -2.81. The van der Waals surface area contributed by atoms with Gasteiger partial charge in [0, 0.05) is 13.2 Å². The van der Waals surface area contributed by atoms with Gasteiger partial charge in [0.25, 0.3) is 5.91 Å². The van der Waals surface area contributed by atoms with Gasteiger partial charge in [-0.3, -0.25) is 14.5 Å². The molecule has 0 unspecified atom stereocenters. The van der Waals surface area contributed by atoms with E-state index in [0.29, 0.717) is 24.5 Å². The average Bonchev–Trinajstić information content (AvgIpc) is 3.15. The highest BCUT2D eigenvalue weighted by Gasteiger charge is 2.39. The van der Waals surface area contributed by atoms with Gasteiger partial charge in [-0.2, -0.15) is 0 Å². The van der Waals surface area contributed by atoms with Crippen molar-refractivity contribution in [3.05, 3.63) is 23.8 Å². The van der Waals surface area contributed by atoms with Crippen molar-refractivity contribution in [3.63, 3.8) is 0 Å². The third kappa shape index (κ3) is 3.82. The molecule has 25 heavy (non-hydrogen) atoms. The van der Waals surface area contributed by atoms with Crippen LogP contribution in [0.2, 0.25) is 0 Å². The van der Waals surface area contributed by atoms with Gasteiger partial charge >= 0.3 is 6.03 Å². The summed E-state index contributed by atoms with van der Waals surface area (Å²) in [7, 11) is 0. The molecule has 1 aromatic carbocycles. The molecule has 9 heteroatoms. The van der Waals surface area contributed by atoms with Crippen molar-refractivity contribution >= 4 is 17.8 Å². The lowest BCUT2D eigenvalue weighted by atomic mass is 10.1. The fourth-order valence-corrected chi connectivity index (χ4v) is 2.65. The first kappa shape index (κ1) is 17.0. The number of carbonyl (C=O) groups excluding carboxylic acids is 3. The minimum absolute atomic E-state index is 0.0251. The molecule has 0 aromatic heterocycles. The Morgan fingerprint density at radius 2 is 2.12 bits per heavy atom. The number of rotatable bonds is 7. The molecule has 0 radical (unpaired) electrons. The predicted molar refractivity (Wildman–Crippen MR) is 84.8 cm³/mol. The summed E-state index contributed by atoms with van der Waals surface area (Å²) >= 11 is 0. The summed E-state index contributed by atoms with van der Waals surface area (Å²) in [5, 5.41) is 13.8. The van der Waals surface area contributed by atoms with Crippen molar-refractivity contribution in [2.75, 3.05) is 19.9 Å². The smallest absolute Gasteiger partial charge is 0.325 e. The lowest BCUT2D eigenvalue weighted by Crippen LogP contribution is -2.36. The summed E-state index contributed by atoms with van der Waals surface area (Å²) < 4.78 is 10.5. The molecule has 0 aliphatic carbocycles. The second-order valence-corrected chi connectivity index (χ2v) is 5.75. The number of amides is 4. The van der Waals surface area contributed by atoms with Crippen molar-refractivity contribution < 1.29 is 29.0 Å². The van der Waals surface area contributed by atoms with E-state index in [-0.39, 0.29) is 32.3 Å². The normalized spacial score (nSPS) is 18.4. The molecule has 134 valence electrons. The number of aliphatic hydroxyl groups is 1. The second-order valence-electron chi connectivity index (χ2n) is 5.75. The van der Waals surface area contributed by atoms with E-state index in [2.05, 4.69) is 10.6 Å². The third-order valence-electron chi connectivity index (χ3n) is 3.93. The standard InChI is InChI=1S/C16H19N3O6/c20-5-1-4-17-14(21)7-11-15(22)19(16(23)18-11)8-10-2-3-12-13(6-10)25-9-24-12/h2-3,6,11,20H,1,4-5,7-9H2,(H,17,21)(H,18,23)/t11-/m1/s1. The highest BCUT2D eigenvalue weighted by atomic mass is 16.7. The molecule has 4 amide bonds. The van der Waals surface area contributed by atoms with Crippen LogP contribution >= 0.6 is 0 Å². The van der Waals surface area contributed by atoms with E-state index in [9.17, 15) is 14.4 Å². The fraction of sp³-hybridized carbons (Fsp3) is 0.438. The molecule has 9 nitrogen and oxygen atoms in total. The van der Waals surface area contributed by atoms with Crippen LogP contribution in [-0.4, -0.2) is 53.8 Å². The minimum Gasteiger partial charge on any atom is -0.454 e. The van der Waals surface area contributed by atoms with E-state index in [4.69, 9.17) is 14.6 Å². The molecular weight excluding hydrogens is 330 g/mol. The molecule has 0 saturated carbocycles. The van der Waals surface area contributed by atoms with Crippen molar-refractivity contribution in [1.29, 1.82) is 0 Å². The van der Waals surface area contributed by atoms with Crippen LogP contribution in [0.1, 0.15) is 18.4 Å². The van der Waals surface area contributed by atoms with Gasteiger partial charge in [-0.05, 0) is 24.1 Å². The van der Waals surface area contributed by atoms with Crippen LogP contribution in [0.4, 0.5) is 4.79 Å². The number of fused-ring (bicyclic) bond motifs is 1. The van der Waals surface area contributed by atoms with E-state index >= 15 is 0 Å². The Balaban J connectivity index is 1.58. The summed E-state index contributed by atoms with van der Waals surface area (Å²) in [5.74, 6) is 0.403. The van der Waals surface area contributed by atoms with E-state index in [0.717, 1.165) is 10.5 Å². The number of urea groups is 1. The average molecular weight is 349 g/mol. The number of hydrogen-bond donors (Lipinski definition) is 3. The summed E-state index contributed by atoms with van der Waals surface area (Å²) in [6.45, 7) is 0.535. The van der Waals surface area contributed by atoms with E-state index < -0.39 is 18.0 Å². The highest BCUT2D eigenvalue weighted by molar-refractivity contribution is 6.05. The Morgan fingerprint density at radius 3 is 2.92 bits per heavy atom. The molecule has 1 aromatic rings. The molecular formula is C16H19N3O6. The number of imide groups is 1. The lowest BCUT2D eigenvalue weighted by molar-refractivity contribution is -0.131. The molecule has 0 bridgehead atoms. The van der Waals surface area contributed by atoms with Gasteiger partial charge in [0.1, 0.15) is 6.04 Å². The van der Waals surface area contributed by atoms with Crippen LogP contribution in [-0.2, 0) is 16.1 Å². The van der Waals surface area contributed by atoms with Gasteiger partial charge in [-0.25, -0.2) is 4.79 Å². The number of carbonyl (C=O) groups is 3. The van der Waals surface area contributed by atoms with Gasteiger partial charge in [-0.15, -0.1) is 0 Å². The van der Waals surface area contributed by atoms with Gasteiger partial charge < -0.3 is 25.2 Å². The SMILES string of the molecule is O=C(C[C@H]1NC(=O)N(Cc2ccc3c(c2)OCO3)C1=O)NCCCO. The summed E-state index contributed by atoms with van der Waals surface area (Å²) in [6.07, 6.45) is 0.306. The molecule has 3 N–H and O–H groups in total. The zero-order valence-corrected chi connectivity index (χ0v) is 13.5. The maximum Gasteiger partial charge on any atom is 0.325 e. The Kier molecular flexibility index (Phi) is 5.03. The molecule has 2 heterocycles. The van der Waals surface area contributed by atoms with Gasteiger partial charge in [0.05, 0.1) is 13.0 Å². The lowest BCUT2D eigenvalue weighted by Gasteiger charge is -2.13. The predicted octanol–water partition coefficient (Wildman–Crippen LogP) is -0.276. The summed E-state index contributed by atoms with van der Waals surface area (Å²) in [4.78, 5) is 37.3. The molecule has 1 fully saturated rings. The number of hydrogen-bond acceptors (Lipinski definition) is 6. The van der Waals surface area contributed by atoms with Gasteiger partial charge in [-0.1, -0.05) is 6.07 Å². The van der Waals surface area contributed by atoms with Crippen molar-refractivity contribution in [1.82, 2.24) is 15.5 Å². The Bertz CT molecular complexity index is 692. The first-order valence-corrected chi connectivity index (χ1v) is 7.96. The van der Waals surface area contributed by atoms with E-state index in [1.54, 1.807) is 18.2 Å². The Labute approximate surface area is 143 Å². The maximum atomic E-state index is 12.4. The fourth-order valence-electron chi connectivity index (χ4n) is 2.65. The second kappa shape index (κ2) is 7.39. The van der Waals surface area contributed by atoms with Crippen molar-refractivity contribution in [2.24, 2.45) is 0 Å². The maximum absolute atomic E-state index is 12.4. The minimum atomic E-state index is -0.879. The summed E-state index contributed by atoms with van der Waals surface area (Å²) in [6, 6.07) is 3.79. The molecule has 3 rings (SSSR count). The van der Waals surface area contributed by atoms with Crippen LogP contribution in [0.3, 0.4) is 0 Å². The molecule has 1 saturated heterocycles.